The van der Waals surface area contributed by atoms with Gasteiger partial charge in [-0.2, -0.15) is 0 Å². The summed E-state index contributed by atoms with van der Waals surface area (Å²) in [5, 5.41) is 14.7. The molecule has 10 heteroatoms. The normalized spacial score (nSPS) is 11.7. The van der Waals surface area contributed by atoms with Crippen LogP contribution in [0.5, 0.6) is 5.75 Å². The lowest BCUT2D eigenvalue weighted by Crippen LogP contribution is -2.22. The van der Waals surface area contributed by atoms with Crippen LogP contribution < -0.4 is 15.4 Å². The van der Waals surface area contributed by atoms with Crippen LogP contribution in [0.3, 0.4) is 0 Å². The van der Waals surface area contributed by atoms with Crippen molar-refractivity contribution in [2.45, 2.75) is 16.5 Å². The summed E-state index contributed by atoms with van der Waals surface area (Å²) < 4.78 is 5.98. The second kappa shape index (κ2) is 9.03. The van der Waals surface area contributed by atoms with Gasteiger partial charge >= 0.3 is 0 Å². The number of para-hydroxylation sites is 2. The van der Waals surface area contributed by atoms with E-state index in [1.807, 2.05) is 24.3 Å². The second-order valence-electron chi connectivity index (χ2n) is 5.29. The Labute approximate surface area is 169 Å². The first-order valence-corrected chi connectivity index (χ1v) is 9.96. The summed E-state index contributed by atoms with van der Waals surface area (Å²) in [4.78, 5) is 16.3. The minimum Gasteiger partial charge on any atom is -0.495 e. The number of carbonyl (C=O) groups is 1. The molecule has 1 unspecified atom stereocenters. The Morgan fingerprint density at radius 3 is 2.78 bits per heavy atom. The van der Waals surface area contributed by atoms with E-state index in [-0.39, 0.29) is 16.3 Å². The molecule has 3 rings (SSSR count). The molecular formula is C17H16ClN5O2S2. The van der Waals surface area contributed by atoms with E-state index in [1.54, 1.807) is 32.4 Å². The van der Waals surface area contributed by atoms with Gasteiger partial charge in [-0.05, 0) is 31.2 Å². The van der Waals surface area contributed by atoms with Gasteiger partial charge in [0.15, 0.2) is 9.49 Å². The Morgan fingerprint density at radius 2 is 2.00 bits per heavy atom. The molecule has 0 aliphatic carbocycles. The first-order valence-electron chi connectivity index (χ1n) is 7.88. The van der Waals surface area contributed by atoms with Crippen molar-refractivity contribution in [3.8, 4) is 5.75 Å². The zero-order valence-corrected chi connectivity index (χ0v) is 16.9. The van der Waals surface area contributed by atoms with Crippen LogP contribution in [-0.2, 0) is 4.79 Å². The number of rotatable bonds is 7. The minimum absolute atomic E-state index is 0.190. The van der Waals surface area contributed by atoms with Gasteiger partial charge in [-0.3, -0.25) is 4.79 Å². The zero-order chi connectivity index (χ0) is 19.2. The maximum absolute atomic E-state index is 12.4. The van der Waals surface area contributed by atoms with Crippen molar-refractivity contribution in [1.82, 2.24) is 15.2 Å². The molecule has 0 radical (unpaired) electrons. The van der Waals surface area contributed by atoms with Crippen LogP contribution in [0.15, 0.2) is 46.9 Å². The molecule has 2 aromatic heterocycles. The van der Waals surface area contributed by atoms with Crippen molar-refractivity contribution < 1.29 is 9.53 Å². The molecule has 0 aliphatic heterocycles. The summed E-state index contributed by atoms with van der Waals surface area (Å²) in [7, 11) is 1.61. The molecular weight excluding hydrogens is 406 g/mol. The fourth-order valence-electron chi connectivity index (χ4n) is 2.09. The van der Waals surface area contributed by atoms with Crippen molar-refractivity contribution in [3.63, 3.8) is 0 Å². The van der Waals surface area contributed by atoms with Crippen molar-refractivity contribution >= 4 is 57.1 Å². The minimum atomic E-state index is -0.381. The fourth-order valence-corrected chi connectivity index (χ4v) is 4.16. The number of aromatic nitrogens is 3. The topological polar surface area (TPSA) is 89.0 Å². The molecule has 0 bridgehead atoms. The summed E-state index contributed by atoms with van der Waals surface area (Å²) in [5.41, 5.74) is 1.28. The third-order valence-electron chi connectivity index (χ3n) is 3.42. The lowest BCUT2D eigenvalue weighted by Gasteiger charge is -2.10. The predicted octanol–water partition coefficient (Wildman–Crippen LogP) is 4.46. The number of thioether (sulfide) groups is 1. The fraction of sp³-hybridized carbons (Fsp3) is 0.176. The van der Waals surface area contributed by atoms with Crippen LogP contribution in [0, 0.1) is 0 Å². The Kier molecular flexibility index (Phi) is 6.49. The first kappa shape index (κ1) is 19.4. The van der Waals surface area contributed by atoms with Gasteiger partial charge in [-0.15, -0.1) is 10.2 Å². The van der Waals surface area contributed by atoms with Gasteiger partial charge in [0.05, 0.1) is 23.7 Å². The van der Waals surface area contributed by atoms with Gasteiger partial charge in [0.1, 0.15) is 5.75 Å². The Morgan fingerprint density at radius 1 is 1.22 bits per heavy atom. The number of pyridine rings is 1. The molecule has 2 heterocycles. The molecule has 140 valence electrons. The molecule has 1 amide bonds. The van der Waals surface area contributed by atoms with Crippen molar-refractivity contribution in [2.24, 2.45) is 0 Å². The molecule has 0 saturated heterocycles. The monoisotopic (exact) mass is 421 g/mol. The van der Waals surface area contributed by atoms with Crippen LogP contribution in [0.2, 0.25) is 5.15 Å². The van der Waals surface area contributed by atoms with E-state index in [9.17, 15) is 4.79 Å². The van der Waals surface area contributed by atoms with E-state index in [4.69, 9.17) is 16.3 Å². The average Bonchev–Trinajstić information content (AvgIpc) is 3.10. The Hall–Kier alpha value is -2.36. The number of amides is 1. The number of ether oxygens (including phenoxy) is 1. The SMILES string of the molecule is COc1ccccc1Nc1nnc(SC(C)C(=O)Nc2cccnc2Cl)s1. The highest BCUT2D eigenvalue weighted by Crippen LogP contribution is 2.33. The number of benzene rings is 1. The molecule has 0 spiro atoms. The van der Waals surface area contributed by atoms with Crippen LogP contribution >= 0.6 is 34.7 Å². The summed E-state index contributed by atoms with van der Waals surface area (Å²) in [6.07, 6.45) is 1.56. The number of hydrogen-bond acceptors (Lipinski definition) is 8. The molecule has 3 aromatic rings. The van der Waals surface area contributed by atoms with E-state index in [2.05, 4.69) is 25.8 Å². The van der Waals surface area contributed by atoms with Crippen molar-refractivity contribution in [3.05, 3.63) is 47.7 Å². The maximum atomic E-state index is 12.4. The summed E-state index contributed by atoms with van der Waals surface area (Å²) in [6, 6.07) is 10.9. The summed E-state index contributed by atoms with van der Waals surface area (Å²) >= 11 is 8.64. The molecule has 0 fully saturated rings. The second-order valence-corrected chi connectivity index (χ2v) is 8.21. The van der Waals surface area contributed by atoms with Gasteiger partial charge in [0, 0.05) is 6.20 Å². The van der Waals surface area contributed by atoms with Gasteiger partial charge < -0.3 is 15.4 Å². The summed E-state index contributed by atoms with van der Waals surface area (Å²) in [5.74, 6) is 0.521. The van der Waals surface area contributed by atoms with Crippen LogP contribution in [0.25, 0.3) is 0 Å². The smallest absolute Gasteiger partial charge is 0.237 e. The molecule has 27 heavy (non-hydrogen) atoms. The number of methoxy groups -OCH3 is 1. The molecule has 2 N–H and O–H groups in total. The third kappa shape index (κ3) is 5.09. The van der Waals surface area contributed by atoms with Crippen LogP contribution in [-0.4, -0.2) is 33.4 Å². The van der Waals surface area contributed by atoms with Gasteiger partial charge in [0.2, 0.25) is 11.0 Å². The van der Waals surface area contributed by atoms with E-state index in [0.29, 0.717) is 20.9 Å². The lowest BCUT2D eigenvalue weighted by atomic mass is 10.3. The third-order valence-corrected chi connectivity index (χ3v) is 5.74. The van der Waals surface area contributed by atoms with Crippen LogP contribution in [0.4, 0.5) is 16.5 Å². The first-order chi connectivity index (χ1) is 13.1. The quantitative estimate of drug-likeness (QED) is 0.430. The largest absolute Gasteiger partial charge is 0.495 e. The predicted molar refractivity (Wildman–Crippen MR) is 109 cm³/mol. The average molecular weight is 422 g/mol. The number of carbonyl (C=O) groups excluding carboxylic acids is 1. The number of nitrogens with one attached hydrogen (secondary N) is 2. The van der Waals surface area contributed by atoms with Crippen molar-refractivity contribution in [1.29, 1.82) is 0 Å². The highest BCUT2D eigenvalue weighted by atomic mass is 35.5. The maximum Gasteiger partial charge on any atom is 0.237 e. The molecule has 0 saturated carbocycles. The van der Waals surface area contributed by atoms with Gasteiger partial charge in [-0.1, -0.05) is 46.8 Å². The highest BCUT2D eigenvalue weighted by molar-refractivity contribution is 8.02. The number of anilines is 3. The van der Waals surface area contributed by atoms with Crippen molar-refractivity contribution in [2.75, 3.05) is 17.7 Å². The lowest BCUT2D eigenvalue weighted by molar-refractivity contribution is -0.115. The Balaban J connectivity index is 1.61. The molecule has 0 aliphatic rings. The summed E-state index contributed by atoms with van der Waals surface area (Å²) in [6.45, 7) is 1.79. The molecule has 7 nitrogen and oxygen atoms in total. The van der Waals surface area contributed by atoms with Gasteiger partial charge in [0.25, 0.3) is 0 Å². The number of hydrogen-bond donors (Lipinski definition) is 2. The number of nitrogens with zero attached hydrogens (tertiary/aromatic N) is 3. The van der Waals surface area contributed by atoms with Crippen LogP contribution in [0.1, 0.15) is 6.92 Å². The van der Waals surface area contributed by atoms with Gasteiger partial charge in [-0.25, -0.2) is 4.98 Å². The molecule has 1 atom stereocenters. The number of halogens is 1. The van der Waals surface area contributed by atoms with E-state index in [0.717, 1.165) is 5.69 Å². The van der Waals surface area contributed by atoms with E-state index in [1.165, 1.54) is 23.1 Å². The van der Waals surface area contributed by atoms with E-state index < -0.39 is 0 Å². The zero-order valence-electron chi connectivity index (χ0n) is 14.5. The van der Waals surface area contributed by atoms with E-state index >= 15 is 0 Å². The standard InChI is InChI=1S/C17H16ClN5O2S2/c1-10(15(24)20-12-7-5-9-19-14(12)18)26-17-23-22-16(27-17)21-11-6-3-4-8-13(11)25-2/h3-10H,1-2H3,(H,20,24)(H,21,22). The Bertz CT molecular complexity index is 937. The highest BCUT2D eigenvalue weighted by Gasteiger charge is 2.18. The molecule has 1 aromatic carbocycles.